The van der Waals surface area contributed by atoms with Gasteiger partial charge in [0.1, 0.15) is 5.82 Å². The van der Waals surface area contributed by atoms with Crippen molar-refractivity contribution >= 4 is 0 Å². The summed E-state index contributed by atoms with van der Waals surface area (Å²) in [5.41, 5.74) is 0.269. The number of hydrogen-bond donors (Lipinski definition) is 0. The normalized spacial score (nSPS) is 12.6. The van der Waals surface area contributed by atoms with Gasteiger partial charge in [0.15, 0.2) is 0 Å². The van der Waals surface area contributed by atoms with Gasteiger partial charge in [0.2, 0.25) is 0 Å². The molecule has 0 N–H and O–H groups in total. The molecule has 2 nitrogen and oxygen atoms in total. The van der Waals surface area contributed by atoms with E-state index in [1.165, 1.54) is 0 Å². The fourth-order valence-corrected chi connectivity index (χ4v) is 1.11. The SMILES string of the molecule is Cn1ccnc1C/C=C/C(C)(C)C. The van der Waals surface area contributed by atoms with Crippen molar-refractivity contribution in [1.29, 1.82) is 0 Å². The van der Waals surface area contributed by atoms with Crippen LogP contribution in [0.25, 0.3) is 0 Å². The lowest BCUT2D eigenvalue weighted by Gasteiger charge is -2.10. The summed E-state index contributed by atoms with van der Waals surface area (Å²) >= 11 is 0. The first-order valence-corrected chi connectivity index (χ1v) is 4.63. The van der Waals surface area contributed by atoms with Gasteiger partial charge in [0.25, 0.3) is 0 Å². The lowest BCUT2D eigenvalue weighted by molar-refractivity contribution is 0.542. The average Bonchev–Trinajstić information content (AvgIpc) is 2.34. The van der Waals surface area contributed by atoms with Crippen LogP contribution < -0.4 is 0 Å². The molecule has 1 aromatic heterocycles. The molecule has 0 spiro atoms. The second-order valence-electron chi connectivity index (χ2n) is 4.43. The number of aryl methyl sites for hydroxylation is 1. The summed E-state index contributed by atoms with van der Waals surface area (Å²) in [6, 6.07) is 0. The van der Waals surface area contributed by atoms with E-state index >= 15 is 0 Å². The Kier molecular flexibility index (Phi) is 2.91. The van der Waals surface area contributed by atoms with Crippen LogP contribution in [0.15, 0.2) is 24.5 Å². The second-order valence-corrected chi connectivity index (χ2v) is 4.43. The van der Waals surface area contributed by atoms with Gasteiger partial charge < -0.3 is 4.57 Å². The monoisotopic (exact) mass is 178 g/mol. The molecule has 1 heterocycles. The van der Waals surface area contributed by atoms with E-state index in [1.807, 2.05) is 24.0 Å². The third-order valence-corrected chi connectivity index (χ3v) is 1.84. The molecular formula is C11H18N2. The van der Waals surface area contributed by atoms with Crippen molar-refractivity contribution in [3.05, 3.63) is 30.4 Å². The first-order chi connectivity index (χ1) is 5.99. The summed E-state index contributed by atoms with van der Waals surface area (Å²) < 4.78 is 2.05. The van der Waals surface area contributed by atoms with Gasteiger partial charge in [-0.25, -0.2) is 4.98 Å². The Bertz CT molecular complexity index is 289. The van der Waals surface area contributed by atoms with Crippen molar-refractivity contribution < 1.29 is 0 Å². The van der Waals surface area contributed by atoms with Crippen molar-refractivity contribution in [2.45, 2.75) is 27.2 Å². The Morgan fingerprint density at radius 1 is 1.46 bits per heavy atom. The van der Waals surface area contributed by atoms with Crippen LogP contribution in [-0.4, -0.2) is 9.55 Å². The smallest absolute Gasteiger partial charge is 0.112 e. The largest absolute Gasteiger partial charge is 0.338 e. The highest BCUT2D eigenvalue weighted by molar-refractivity contribution is 5.01. The first kappa shape index (κ1) is 10.0. The predicted molar refractivity (Wildman–Crippen MR) is 55.5 cm³/mol. The van der Waals surface area contributed by atoms with Crippen molar-refractivity contribution in [3.63, 3.8) is 0 Å². The van der Waals surface area contributed by atoms with Gasteiger partial charge in [-0.3, -0.25) is 0 Å². The van der Waals surface area contributed by atoms with Gasteiger partial charge in [0.05, 0.1) is 0 Å². The molecule has 13 heavy (non-hydrogen) atoms. The molecule has 0 unspecified atom stereocenters. The summed E-state index contributed by atoms with van der Waals surface area (Å²) in [5.74, 6) is 1.11. The van der Waals surface area contributed by atoms with E-state index in [2.05, 4.69) is 37.9 Å². The summed E-state index contributed by atoms with van der Waals surface area (Å²) in [5, 5.41) is 0. The fraction of sp³-hybridized carbons (Fsp3) is 0.545. The molecule has 0 saturated heterocycles. The predicted octanol–water partition coefficient (Wildman–Crippen LogP) is 2.56. The first-order valence-electron chi connectivity index (χ1n) is 4.63. The zero-order chi connectivity index (χ0) is 9.90. The summed E-state index contributed by atoms with van der Waals surface area (Å²) in [6.45, 7) is 6.59. The second kappa shape index (κ2) is 3.77. The molecule has 0 aliphatic heterocycles. The molecule has 0 bridgehead atoms. The van der Waals surface area contributed by atoms with E-state index in [9.17, 15) is 0 Å². The maximum absolute atomic E-state index is 4.25. The molecule has 0 amide bonds. The molecule has 0 atom stereocenters. The van der Waals surface area contributed by atoms with Crippen LogP contribution in [0.2, 0.25) is 0 Å². The van der Waals surface area contributed by atoms with Crippen LogP contribution in [0.5, 0.6) is 0 Å². The molecule has 0 saturated carbocycles. The minimum atomic E-state index is 0.269. The lowest BCUT2D eigenvalue weighted by atomic mass is 9.96. The van der Waals surface area contributed by atoms with Gasteiger partial charge in [-0.15, -0.1) is 0 Å². The van der Waals surface area contributed by atoms with Crippen molar-refractivity contribution in [2.24, 2.45) is 12.5 Å². The summed E-state index contributed by atoms with van der Waals surface area (Å²) in [6.07, 6.45) is 9.13. The van der Waals surface area contributed by atoms with Crippen molar-refractivity contribution in [1.82, 2.24) is 9.55 Å². The van der Waals surface area contributed by atoms with E-state index in [-0.39, 0.29) is 5.41 Å². The van der Waals surface area contributed by atoms with Crippen LogP contribution >= 0.6 is 0 Å². The standard InChI is InChI=1S/C11H18N2/c1-11(2,3)7-5-6-10-12-8-9-13(10)4/h5,7-9H,6H2,1-4H3/b7-5+. The van der Waals surface area contributed by atoms with Crippen LogP contribution in [0.3, 0.4) is 0 Å². The Morgan fingerprint density at radius 3 is 2.62 bits per heavy atom. The molecule has 0 aliphatic rings. The molecular weight excluding hydrogens is 160 g/mol. The zero-order valence-electron chi connectivity index (χ0n) is 8.91. The Hall–Kier alpha value is -1.05. The molecule has 0 aliphatic carbocycles. The van der Waals surface area contributed by atoms with Crippen LogP contribution in [-0.2, 0) is 13.5 Å². The van der Waals surface area contributed by atoms with Gasteiger partial charge in [0, 0.05) is 25.9 Å². The number of nitrogens with zero attached hydrogens (tertiary/aromatic N) is 2. The molecule has 1 rings (SSSR count). The molecule has 0 aromatic carbocycles. The minimum Gasteiger partial charge on any atom is -0.338 e. The lowest BCUT2D eigenvalue weighted by Crippen LogP contribution is -2.00. The Morgan fingerprint density at radius 2 is 2.15 bits per heavy atom. The molecule has 0 radical (unpaired) electrons. The van der Waals surface area contributed by atoms with E-state index in [0.29, 0.717) is 0 Å². The quantitative estimate of drug-likeness (QED) is 0.636. The number of imidazole rings is 1. The van der Waals surface area contributed by atoms with Crippen molar-refractivity contribution in [3.8, 4) is 0 Å². The maximum atomic E-state index is 4.25. The third-order valence-electron chi connectivity index (χ3n) is 1.84. The highest BCUT2D eigenvalue weighted by atomic mass is 15.0. The Balaban J connectivity index is 2.53. The maximum Gasteiger partial charge on any atom is 0.112 e. The topological polar surface area (TPSA) is 17.8 Å². The molecule has 0 fully saturated rings. The van der Waals surface area contributed by atoms with E-state index in [4.69, 9.17) is 0 Å². The van der Waals surface area contributed by atoms with E-state index in [1.54, 1.807) is 0 Å². The molecule has 1 aromatic rings. The van der Waals surface area contributed by atoms with Gasteiger partial charge in [-0.2, -0.15) is 0 Å². The van der Waals surface area contributed by atoms with Gasteiger partial charge in [-0.1, -0.05) is 32.9 Å². The van der Waals surface area contributed by atoms with Crippen LogP contribution in [0.1, 0.15) is 26.6 Å². The van der Waals surface area contributed by atoms with E-state index < -0.39 is 0 Å². The number of aromatic nitrogens is 2. The fourth-order valence-electron chi connectivity index (χ4n) is 1.11. The number of rotatable bonds is 2. The summed E-state index contributed by atoms with van der Waals surface area (Å²) in [7, 11) is 2.02. The highest BCUT2D eigenvalue weighted by Crippen LogP contribution is 2.14. The van der Waals surface area contributed by atoms with E-state index in [0.717, 1.165) is 12.2 Å². The van der Waals surface area contributed by atoms with Crippen LogP contribution in [0, 0.1) is 5.41 Å². The van der Waals surface area contributed by atoms with Gasteiger partial charge >= 0.3 is 0 Å². The zero-order valence-corrected chi connectivity index (χ0v) is 8.91. The highest BCUT2D eigenvalue weighted by Gasteiger charge is 2.03. The Labute approximate surface area is 80.3 Å². The molecule has 72 valence electrons. The number of allylic oxidation sites excluding steroid dienone is 2. The van der Waals surface area contributed by atoms with Crippen LogP contribution in [0.4, 0.5) is 0 Å². The minimum absolute atomic E-state index is 0.269. The average molecular weight is 178 g/mol. The summed E-state index contributed by atoms with van der Waals surface area (Å²) in [4.78, 5) is 4.25. The molecule has 2 heteroatoms. The van der Waals surface area contributed by atoms with Crippen molar-refractivity contribution in [2.75, 3.05) is 0 Å². The third kappa shape index (κ3) is 3.45. The van der Waals surface area contributed by atoms with Gasteiger partial charge in [-0.05, 0) is 5.41 Å². The number of hydrogen-bond acceptors (Lipinski definition) is 1.